The van der Waals surface area contributed by atoms with Crippen molar-refractivity contribution in [1.82, 2.24) is 0 Å². The first kappa shape index (κ1) is 122. The van der Waals surface area contributed by atoms with E-state index in [2.05, 4.69) is 272 Å². The van der Waals surface area contributed by atoms with E-state index >= 15 is 0 Å². The first-order chi connectivity index (χ1) is 68.3. The third kappa shape index (κ3) is 49.4. The topological polar surface area (TPSA) is 75.9 Å². The summed E-state index contributed by atoms with van der Waals surface area (Å²) >= 11 is 1.90. The molecule has 0 amide bonds. The molecule has 0 aromatic heterocycles. The van der Waals surface area contributed by atoms with Gasteiger partial charge in [0, 0.05) is 93.5 Å². The summed E-state index contributed by atoms with van der Waals surface area (Å²) < 4.78 is 4.34. The molecule has 0 aliphatic carbocycles. The van der Waals surface area contributed by atoms with E-state index in [0.29, 0.717) is 0 Å². The summed E-state index contributed by atoms with van der Waals surface area (Å²) in [6.45, 7) is 22.3. The molecule has 6 aromatic rings. The number of hydrogen-bond donors (Lipinski definition) is 0. The molecule has 3 heterocycles. The Kier molecular flexibility index (Phi) is 71.7. The fourth-order valence-corrected chi connectivity index (χ4v) is 19.6. The third-order valence-corrected chi connectivity index (χ3v) is 28.0. The normalized spacial score (nSPS) is 12.8. The van der Waals surface area contributed by atoms with Gasteiger partial charge in [-0.05, 0) is 203 Å². The summed E-state index contributed by atoms with van der Waals surface area (Å²) in [5.74, 6) is 13.8. The first-order valence-electron chi connectivity index (χ1n) is 57.1. The fourth-order valence-electron chi connectivity index (χ4n) is 19.6. The molecule has 772 valence electrons. The molecule has 0 unspecified atom stereocenters. The second-order valence-electron chi connectivity index (χ2n) is 39.7. The van der Waals surface area contributed by atoms with E-state index in [1.54, 1.807) is 0 Å². The van der Waals surface area contributed by atoms with Crippen LogP contribution in [0.3, 0.4) is 0 Å². The van der Waals surface area contributed by atoms with Crippen molar-refractivity contribution in [2.24, 2.45) is 0 Å². The van der Waals surface area contributed by atoms with Crippen LogP contribution in [0.15, 0.2) is 180 Å². The van der Waals surface area contributed by atoms with Crippen LogP contribution in [0.5, 0.6) is 0 Å². The van der Waals surface area contributed by atoms with Gasteiger partial charge in [-0.15, -0.1) is 23.7 Å². The van der Waals surface area contributed by atoms with Crippen LogP contribution in [0, 0.1) is 23.7 Å². The van der Waals surface area contributed by atoms with E-state index in [0.717, 1.165) is 206 Å². The van der Waals surface area contributed by atoms with Gasteiger partial charge in [0.05, 0.1) is 0 Å². The molecule has 0 spiro atoms. The van der Waals surface area contributed by atoms with Crippen molar-refractivity contribution in [1.29, 1.82) is 0 Å². The van der Waals surface area contributed by atoms with E-state index in [4.69, 9.17) is 0 Å². The molecule has 8 heteroatoms. The molecular weight excluding hydrogens is 1870 g/mol. The maximum absolute atomic E-state index is 11.6. The minimum atomic E-state index is 0.856. The molecule has 0 saturated carbocycles. The van der Waals surface area contributed by atoms with Crippen LogP contribution in [0.2, 0.25) is 21.6 Å². The molecule has 0 radical (unpaired) electrons. The zero-order chi connectivity index (χ0) is 100. The molecule has 9 rings (SSSR count). The maximum atomic E-state index is 11.6. The van der Waals surface area contributed by atoms with Crippen molar-refractivity contribution in [3.8, 4) is 23.7 Å². The summed E-state index contributed by atoms with van der Waals surface area (Å²) in [5, 5.41) is 8.70. The second-order valence-corrected chi connectivity index (χ2v) is 42.8. The summed E-state index contributed by atoms with van der Waals surface area (Å²) in [5.41, 5.74) is 59.5. The Bertz CT molecular complexity index is 4420. The Balaban J connectivity index is 0.000000364. The Morgan fingerprint density at radius 1 is 0.223 bits per heavy atom. The Morgan fingerprint density at radius 2 is 0.496 bits per heavy atom. The summed E-state index contributed by atoms with van der Waals surface area (Å²) in [7, 11) is 0. The van der Waals surface area contributed by atoms with Crippen LogP contribution in [0.4, 0.5) is 0 Å². The van der Waals surface area contributed by atoms with Crippen LogP contribution in [-0.4, -0.2) is 14.1 Å². The zero-order valence-corrected chi connectivity index (χ0v) is 94.4. The fraction of sp³-hybridized carbons (Fsp3) is 0.603. The number of nitrogens with zero attached hydrogens (tertiary/aromatic N) is 6. The third-order valence-electron chi connectivity index (χ3n) is 28.0. The van der Waals surface area contributed by atoms with Crippen molar-refractivity contribution in [2.45, 2.75) is 508 Å². The summed E-state index contributed by atoms with van der Waals surface area (Å²) in [6.07, 6.45) is 88.0. The van der Waals surface area contributed by atoms with Gasteiger partial charge in [-0.3, -0.25) is 0 Å². The number of hydrogen-bond acceptors (Lipinski definition) is 0. The molecule has 6 nitrogen and oxygen atoms in total. The molecular formula is C131H198N6Pd2. The molecule has 0 bridgehead atoms. The predicted molar refractivity (Wildman–Crippen MR) is 604 cm³/mol. The van der Waals surface area contributed by atoms with Gasteiger partial charge in [0.1, 0.15) is 0 Å². The average molecular weight is 2070 g/mol. The van der Waals surface area contributed by atoms with Crippen LogP contribution in [0.1, 0.15) is 515 Å². The van der Waals surface area contributed by atoms with Crippen molar-refractivity contribution in [3.63, 3.8) is 0 Å². The van der Waals surface area contributed by atoms with Gasteiger partial charge < -0.3 is 16.6 Å². The van der Waals surface area contributed by atoms with E-state index < -0.39 is 0 Å². The average Bonchev–Trinajstić information content (AvgIpc) is 1.60. The Labute approximate surface area is 872 Å². The molecule has 139 heavy (non-hydrogen) atoms. The summed E-state index contributed by atoms with van der Waals surface area (Å²) in [6, 6.07) is 52.2. The number of allylic oxidation sites excluding steroid dienone is 6. The zero-order valence-electron chi connectivity index (χ0n) is 91.3. The molecule has 0 saturated heterocycles. The molecule has 0 fully saturated rings. The van der Waals surface area contributed by atoms with Gasteiger partial charge in [0.25, 0.3) is 0 Å². The number of benzene rings is 6. The van der Waals surface area contributed by atoms with Crippen molar-refractivity contribution in [3.05, 3.63) is 263 Å². The van der Waals surface area contributed by atoms with Crippen molar-refractivity contribution >= 4 is 34.2 Å². The van der Waals surface area contributed by atoms with Gasteiger partial charge in [0.15, 0.2) is 0 Å². The van der Waals surface area contributed by atoms with E-state index in [-0.39, 0.29) is 0 Å². The van der Waals surface area contributed by atoms with Gasteiger partial charge in [-0.25, -0.2) is 14.1 Å². The van der Waals surface area contributed by atoms with E-state index in [1.165, 1.54) is 384 Å². The number of aryl methyl sites for hydroxylation is 6. The van der Waals surface area contributed by atoms with Gasteiger partial charge in [-0.1, -0.05) is 437 Å². The number of unbranched alkanes of at least 4 members (excludes halogenated alkanes) is 46. The van der Waals surface area contributed by atoms with Crippen LogP contribution in [0.25, 0.3) is 50.8 Å². The Morgan fingerprint density at radius 3 is 0.813 bits per heavy atom. The first-order valence-corrected chi connectivity index (χ1v) is 63.3. The van der Waals surface area contributed by atoms with Crippen LogP contribution in [-0.2, 0) is 74.5 Å². The molecule has 3 aliphatic rings. The monoisotopic (exact) mass is 2070 g/mol. The van der Waals surface area contributed by atoms with Gasteiger partial charge in [-0.2, -0.15) is 0 Å². The standard InChI is InChI=1S/2C48H72N2.C31H42N2.4CH3.2Pd/c2*1-4-7-9-10-11-12-13-14-15-16-17-18-19-20-21-22-23-24-25-26-27-28-29-30-34-44-35-31-32-36-46(44)47-41-43(6-3)48(50(47)49)45-39-37-42(38-40-45)33-8-5-2;1-5-9-12-15-25-16-13-17-27(23-25)31-29(18-11-7-3)28(8-4)30(33(31)32)26-21-19-24(20-22-26)14-10-6-2;;;;;;/h2*31-32,35-41H,4-27,30,33-34H2,1-3H3;13,16-17,19-23H,5-12,14-15,18H2,1-4H3;4*1H3;;. The molecule has 3 aliphatic heterocycles. The second kappa shape index (κ2) is 81.3. The van der Waals surface area contributed by atoms with Crippen LogP contribution < -0.4 is 0 Å². The summed E-state index contributed by atoms with van der Waals surface area (Å²) in [4.78, 5) is 0. The molecule has 0 atom stereocenters. The molecule has 6 aromatic carbocycles. The van der Waals surface area contributed by atoms with Gasteiger partial charge >= 0.3 is 57.5 Å². The van der Waals surface area contributed by atoms with Gasteiger partial charge in [0.2, 0.25) is 34.2 Å². The van der Waals surface area contributed by atoms with Crippen molar-refractivity contribution in [2.75, 3.05) is 0 Å². The quantitative estimate of drug-likeness (QED) is 0.0158. The van der Waals surface area contributed by atoms with Crippen molar-refractivity contribution < 1.29 is 50.1 Å². The molecule has 0 N–H and O–H groups in total. The minimum absolute atomic E-state index is 0.856. The van der Waals surface area contributed by atoms with E-state index in [1.807, 2.05) is 0 Å². The van der Waals surface area contributed by atoms with E-state index in [9.17, 15) is 16.6 Å². The Hall–Kier alpha value is -7.00. The SMILES string of the molecule is CCCCCCCCCCCCCCCCCCCCCCC#CCCc1ccccc1C1=CC(CC)=C(c2ccc(CCCC)cc2)[N+]1=[N-].CCCCCCCCCCCCCCCCCCCCCCC#CCCc1ccccc1C1=CC(CC)=C(c2ccc(CCCC)cc2)[N+]1=[N-].CCCCCc1cccc(C2=C(CCCC)C(CC)=C(c3ccc(CCCC)cc3)[N+]2=[N-])c1.[CH3][Pd][CH3].[CH3][Pd][CH3]. The van der Waals surface area contributed by atoms with Crippen LogP contribution >= 0.6 is 0 Å². The number of rotatable bonds is 69. The predicted octanol–water partition coefficient (Wildman–Crippen LogP) is 42.6.